The molecule has 0 saturated heterocycles. The molecule has 0 aliphatic heterocycles. The van der Waals surface area contributed by atoms with Crippen molar-refractivity contribution >= 4 is 22.9 Å². The molecular weight excluding hydrogens is 353 g/mol. The molecule has 2 bridgehead atoms. The van der Waals surface area contributed by atoms with Crippen LogP contribution in [0.3, 0.4) is 0 Å². The smallest absolute Gasteiger partial charge is 0.426 e. The molecule has 1 aromatic carbocycles. The number of nitrogens with one attached hydrogen (secondary N) is 1. The summed E-state index contributed by atoms with van der Waals surface area (Å²) in [6.07, 6.45) is 2.04. The molecule has 2 fully saturated rings. The molecule has 2 saturated carbocycles. The molecule has 142 valence electrons. The molecule has 0 radical (unpaired) electrons. The van der Waals surface area contributed by atoms with Crippen molar-refractivity contribution in [1.82, 2.24) is 4.72 Å². The van der Waals surface area contributed by atoms with E-state index in [1.165, 1.54) is 0 Å². The van der Waals surface area contributed by atoms with Crippen LogP contribution in [0.2, 0.25) is 0 Å². The van der Waals surface area contributed by atoms with E-state index in [0.717, 1.165) is 12.0 Å². The van der Waals surface area contributed by atoms with Gasteiger partial charge in [-0.25, -0.2) is 13.1 Å². The van der Waals surface area contributed by atoms with E-state index in [9.17, 15) is 23.3 Å². The summed E-state index contributed by atoms with van der Waals surface area (Å²) in [5, 5.41) is 19.3. The van der Waals surface area contributed by atoms with E-state index >= 15 is 0 Å². The summed E-state index contributed by atoms with van der Waals surface area (Å²) in [4.78, 5) is 12.6. The molecule has 3 rings (SSSR count). The number of carbonyl (C=O) groups is 1. The second-order valence-corrected chi connectivity index (χ2v) is 10.0. The number of sulfonamides is 1. The van der Waals surface area contributed by atoms with Crippen LogP contribution in [0, 0.1) is 16.7 Å². The number of carbonyl (C=O) groups excluding carboxylic acids is 1. The Balaban J connectivity index is 1.78. The van der Waals surface area contributed by atoms with Crippen molar-refractivity contribution in [3.63, 3.8) is 0 Å². The first kappa shape index (κ1) is 19.5. The maximum Gasteiger partial charge on any atom is 0.471 e. The predicted molar refractivity (Wildman–Crippen MR) is 99.6 cm³/mol. The topological polar surface area (TPSA) is 104 Å². The second-order valence-electron chi connectivity index (χ2n) is 8.25. The van der Waals surface area contributed by atoms with Crippen molar-refractivity contribution < 1.29 is 23.3 Å². The van der Waals surface area contributed by atoms with Crippen molar-refractivity contribution in [2.75, 3.05) is 5.75 Å². The molecule has 6 nitrogen and oxygen atoms in total. The lowest BCUT2D eigenvalue weighted by atomic mass is 9.70. The quantitative estimate of drug-likeness (QED) is 0.612. The summed E-state index contributed by atoms with van der Waals surface area (Å²) in [7, 11) is -5.70. The lowest BCUT2D eigenvalue weighted by Crippen LogP contribution is -2.52. The molecule has 1 aromatic rings. The van der Waals surface area contributed by atoms with E-state index in [4.69, 9.17) is 0 Å². The third-order valence-corrected chi connectivity index (χ3v) is 8.10. The lowest BCUT2D eigenvalue weighted by molar-refractivity contribution is -0.128. The van der Waals surface area contributed by atoms with Crippen molar-refractivity contribution in [3.8, 4) is 0 Å². The first-order chi connectivity index (χ1) is 12.1. The van der Waals surface area contributed by atoms with Gasteiger partial charge in [0.25, 0.3) is 0 Å². The molecule has 26 heavy (non-hydrogen) atoms. The lowest BCUT2D eigenvalue weighted by Gasteiger charge is -2.36. The van der Waals surface area contributed by atoms with Gasteiger partial charge >= 0.3 is 7.12 Å². The maximum absolute atomic E-state index is 12.8. The van der Waals surface area contributed by atoms with Gasteiger partial charge in [-0.05, 0) is 36.2 Å². The van der Waals surface area contributed by atoms with Crippen molar-refractivity contribution in [2.45, 2.75) is 45.5 Å². The van der Waals surface area contributed by atoms with Gasteiger partial charge in [0.05, 0.1) is 11.7 Å². The molecule has 3 atom stereocenters. The highest BCUT2D eigenvalue weighted by atomic mass is 32.2. The van der Waals surface area contributed by atoms with Crippen LogP contribution in [0.1, 0.15) is 38.7 Å². The third kappa shape index (κ3) is 3.35. The van der Waals surface area contributed by atoms with Crippen molar-refractivity contribution in [3.05, 3.63) is 35.9 Å². The Bertz CT molecular complexity index is 780. The van der Waals surface area contributed by atoms with E-state index in [0.29, 0.717) is 12.8 Å². The number of ketones is 1. The highest BCUT2D eigenvalue weighted by molar-refractivity contribution is 7.89. The monoisotopic (exact) mass is 379 g/mol. The Labute approximate surface area is 155 Å². The number of hydrogen-bond donors (Lipinski definition) is 3. The fourth-order valence-corrected chi connectivity index (χ4v) is 6.86. The second kappa shape index (κ2) is 6.75. The molecular formula is C18H26BNO5S. The fourth-order valence-electron chi connectivity index (χ4n) is 4.78. The Hall–Kier alpha value is -1.22. The predicted octanol–water partition coefficient (Wildman–Crippen LogP) is 0.924. The zero-order valence-electron chi connectivity index (χ0n) is 15.2. The minimum absolute atomic E-state index is 0.0216. The van der Waals surface area contributed by atoms with Gasteiger partial charge in [0.2, 0.25) is 10.0 Å². The van der Waals surface area contributed by atoms with Gasteiger partial charge < -0.3 is 10.0 Å². The van der Waals surface area contributed by atoms with Crippen LogP contribution in [-0.2, 0) is 21.2 Å². The highest BCUT2D eigenvalue weighted by Crippen LogP contribution is 2.64. The average Bonchev–Trinajstić information content (AvgIpc) is 2.88. The van der Waals surface area contributed by atoms with E-state index in [-0.39, 0.29) is 29.3 Å². The molecule has 0 heterocycles. The molecule has 0 amide bonds. The van der Waals surface area contributed by atoms with Gasteiger partial charge in [-0.3, -0.25) is 4.79 Å². The Morgan fingerprint density at radius 2 is 1.92 bits per heavy atom. The van der Waals surface area contributed by atoms with Crippen LogP contribution >= 0.6 is 0 Å². The van der Waals surface area contributed by atoms with Gasteiger partial charge in [-0.2, -0.15) is 0 Å². The summed E-state index contributed by atoms with van der Waals surface area (Å²) in [5.74, 6) is -1.10. The molecule has 3 N–H and O–H groups in total. The fraction of sp³-hybridized carbons (Fsp3) is 0.611. The van der Waals surface area contributed by atoms with Gasteiger partial charge in [0.1, 0.15) is 5.78 Å². The molecule has 2 aliphatic carbocycles. The average molecular weight is 379 g/mol. The highest BCUT2D eigenvalue weighted by Gasteiger charge is 2.65. The first-order valence-corrected chi connectivity index (χ1v) is 10.7. The SMILES string of the molecule is CC1(C)C2CCC1(CS(=O)(=O)NC(Cc1ccccc1)B(O)O)C(=O)C2. The van der Waals surface area contributed by atoms with E-state index < -0.39 is 28.5 Å². The first-order valence-electron chi connectivity index (χ1n) is 9.01. The Morgan fingerprint density at radius 3 is 2.42 bits per heavy atom. The molecule has 8 heteroatoms. The molecule has 0 aromatic heterocycles. The minimum atomic E-state index is -3.87. The zero-order valence-corrected chi connectivity index (χ0v) is 16.0. The number of Topliss-reactive ketones (excluding diaryl/α,β-unsaturated/α-hetero) is 1. The van der Waals surface area contributed by atoms with Crippen LogP contribution in [0.4, 0.5) is 0 Å². The van der Waals surface area contributed by atoms with Crippen LogP contribution in [0.15, 0.2) is 30.3 Å². The van der Waals surface area contributed by atoms with Crippen molar-refractivity contribution in [1.29, 1.82) is 0 Å². The molecule has 2 aliphatic rings. The number of hydrogen-bond acceptors (Lipinski definition) is 5. The van der Waals surface area contributed by atoms with Crippen LogP contribution in [0.25, 0.3) is 0 Å². The number of fused-ring (bicyclic) bond motifs is 2. The Kier molecular flexibility index (Phi) is 5.07. The summed E-state index contributed by atoms with van der Waals surface area (Å²) in [6.45, 7) is 3.96. The van der Waals surface area contributed by atoms with E-state index in [2.05, 4.69) is 4.72 Å². The minimum Gasteiger partial charge on any atom is -0.426 e. The summed E-state index contributed by atoms with van der Waals surface area (Å²) in [6, 6.07) is 9.05. The van der Waals surface area contributed by atoms with Crippen molar-refractivity contribution in [2.24, 2.45) is 16.7 Å². The summed E-state index contributed by atoms with van der Waals surface area (Å²) >= 11 is 0. The van der Waals surface area contributed by atoms with Gasteiger partial charge in [-0.15, -0.1) is 0 Å². The zero-order chi connectivity index (χ0) is 19.2. The number of benzene rings is 1. The molecule has 0 spiro atoms. The van der Waals surface area contributed by atoms with Crippen LogP contribution < -0.4 is 4.72 Å². The number of rotatable bonds is 7. The Morgan fingerprint density at radius 1 is 1.27 bits per heavy atom. The normalized spacial score (nSPS) is 28.3. The van der Waals surface area contributed by atoms with E-state index in [1.54, 1.807) is 12.1 Å². The maximum atomic E-state index is 12.8. The van der Waals surface area contributed by atoms with Crippen LogP contribution in [-0.4, -0.2) is 43.1 Å². The van der Waals surface area contributed by atoms with E-state index in [1.807, 2.05) is 32.0 Å². The van der Waals surface area contributed by atoms with Gasteiger partial charge in [0.15, 0.2) is 0 Å². The van der Waals surface area contributed by atoms with Crippen LogP contribution in [0.5, 0.6) is 0 Å². The largest absolute Gasteiger partial charge is 0.471 e. The summed E-state index contributed by atoms with van der Waals surface area (Å²) < 4.78 is 28.1. The third-order valence-electron chi connectivity index (χ3n) is 6.56. The molecule has 3 unspecified atom stereocenters. The standard InChI is InChI=1S/C18H26BNO5S/c1-17(2)14-8-9-18(17,15(21)11-14)12-26(24,25)20-16(19(22)23)10-13-6-4-3-5-7-13/h3-7,14,16,20,22-23H,8-12H2,1-2H3. The van der Waals surface area contributed by atoms with Gasteiger partial charge in [0, 0.05) is 11.8 Å². The van der Waals surface area contributed by atoms with Gasteiger partial charge in [-0.1, -0.05) is 44.2 Å². The summed E-state index contributed by atoms with van der Waals surface area (Å²) in [5.41, 5.74) is -0.433.